The molecule has 1 aromatic rings. The van der Waals surface area contributed by atoms with Crippen LogP contribution in [0, 0.1) is 10.1 Å². The summed E-state index contributed by atoms with van der Waals surface area (Å²) in [6, 6.07) is 4.02. The molecule has 0 unspecified atom stereocenters. The van der Waals surface area contributed by atoms with Crippen LogP contribution in [-0.2, 0) is 11.3 Å². The maximum atomic E-state index is 11.4. The van der Waals surface area contributed by atoms with Crippen molar-refractivity contribution in [3.63, 3.8) is 0 Å². The molecule has 0 saturated heterocycles. The summed E-state index contributed by atoms with van der Waals surface area (Å²) in [5.41, 5.74) is -0.559. The molecule has 0 spiro atoms. The quantitative estimate of drug-likeness (QED) is 0.579. The van der Waals surface area contributed by atoms with Crippen molar-refractivity contribution in [2.75, 3.05) is 20.6 Å². The minimum Gasteiger partial charge on any atom is -0.477 e. The molecule has 0 aliphatic carbocycles. The lowest BCUT2D eigenvalue weighted by Gasteiger charge is -2.12. The van der Waals surface area contributed by atoms with Crippen molar-refractivity contribution in [3.05, 3.63) is 39.4 Å². The van der Waals surface area contributed by atoms with E-state index in [4.69, 9.17) is 5.11 Å². The fourth-order valence-electron chi connectivity index (χ4n) is 1.60. The highest BCUT2D eigenvalue weighted by atomic mass is 16.6. The molecule has 2 N–H and O–H groups in total. The smallest absolute Gasteiger partial charge is 0.343 e. The van der Waals surface area contributed by atoms with E-state index in [9.17, 15) is 19.7 Å². The Labute approximate surface area is 115 Å². The summed E-state index contributed by atoms with van der Waals surface area (Å²) in [6.07, 6.45) is 0. The van der Waals surface area contributed by atoms with Crippen LogP contribution >= 0.6 is 0 Å². The van der Waals surface area contributed by atoms with Crippen molar-refractivity contribution < 1.29 is 19.6 Å². The first-order valence-electron chi connectivity index (χ1n) is 5.75. The van der Waals surface area contributed by atoms with Crippen molar-refractivity contribution in [1.29, 1.82) is 0 Å². The predicted molar refractivity (Wildman–Crippen MR) is 70.5 cm³/mol. The molecule has 0 radical (unpaired) electrons. The molecule has 8 nitrogen and oxygen atoms in total. The summed E-state index contributed by atoms with van der Waals surface area (Å²) in [5, 5.41) is 22.7. The van der Waals surface area contributed by atoms with Gasteiger partial charge in [-0.05, 0) is 5.56 Å². The first-order chi connectivity index (χ1) is 9.34. The van der Waals surface area contributed by atoms with E-state index in [1.54, 1.807) is 14.1 Å². The number of carboxylic acids is 1. The molecule has 0 aliphatic rings. The lowest BCUT2D eigenvalue weighted by molar-refractivity contribution is -0.385. The zero-order valence-electron chi connectivity index (χ0n) is 11.1. The van der Waals surface area contributed by atoms with Gasteiger partial charge in [0.05, 0.1) is 11.5 Å². The molecule has 0 saturated carbocycles. The predicted octanol–water partition coefficient (Wildman–Crippen LogP) is 0.471. The van der Waals surface area contributed by atoms with E-state index in [1.165, 1.54) is 17.0 Å². The third kappa shape index (κ3) is 3.75. The average Bonchev–Trinajstić information content (AvgIpc) is 2.37. The van der Waals surface area contributed by atoms with E-state index >= 15 is 0 Å². The van der Waals surface area contributed by atoms with Crippen molar-refractivity contribution in [1.82, 2.24) is 10.2 Å². The molecule has 1 aromatic carbocycles. The first kappa shape index (κ1) is 15.6. The van der Waals surface area contributed by atoms with Gasteiger partial charge >= 0.3 is 5.97 Å². The summed E-state index contributed by atoms with van der Waals surface area (Å²) in [6.45, 7) is 0.0810. The molecule has 108 valence electrons. The van der Waals surface area contributed by atoms with Gasteiger partial charge in [0.1, 0.15) is 5.56 Å². The standard InChI is InChI=1S/C12H15N3O5/c1-14(2)10(16)7-13-6-8-4-3-5-9(15(19)20)11(8)12(17)18/h3-5,13H,6-7H2,1-2H3,(H,17,18). The van der Waals surface area contributed by atoms with E-state index in [0.29, 0.717) is 0 Å². The molecular weight excluding hydrogens is 266 g/mol. The van der Waals surface area contributed by atoms with Crippen LogP contribution < -0.4 is 5.32 Å². The number of nitro benzene ring substituents is 1. The van der Waals surface area contributed by atoms with Gasteiger partial charge in [0.15, 0.2) is 0 Å². The second-order valence-corrected chi connectivity index (χ2v) is 4.27. The number of carboxylic acid groups (broad SMARTS) is 1. The van der Waals surface area contributed by atoms with Crippen LogP contribution in [-0.4, -0.2) is 47.4 Å². The molecule has 20 heavy (non-hydrogen) atoms. The van der Waals surface area contributed by atoms with E-state index in [2.05, 4.69) is 5.32 Å². The number of carbonyl (C=O) groups excluding carboxylic acids is 1. The van der Waals surface area contributed by atoms with Gasteiger partial charge in [-0.3, -0.25) is 14.9 Å². The average molecular weight is 281 g/mol. The fourth-order valence-corrected chi connectivity index (χ4v) is 1.60. The Hall–Kier alpha value is -2.48. The number of nitro groups is 1. The maximum absolute atomic E-state index is 11.4. The highest BCUT2D eigenvalue weighted by Crippen LogP contribution is 2.22. The zero-order chi connectivity index (χ0) is 15.3. The molecule has 0 atom stereocenters. The molecule has 0 aromatic heterocycles. The number of benzene rings is 1. The molecule has 0 fully saturated rings. The molecule has 0 bridgehead atoms. The Morgan fingerprint density at radius 1 is 1.40 bits per heavy atom. The molecule has 0 heterocycles. The van der Waals surface area contributed by atoms with Gasteiger partial charge in [-0.2, -0.15) is 0 Å². The Balaban J connectivity index is 2.90. The monoisotopic (exact) mass is 281 g/mol. The first-order valence-corrected chi connectivity index (χ1v) is 5.75. The number of hydrogen-bond acceptors (Lipinski definition) is 5. The maximum Gasteiger partial charge on any atom is 0.343 e. The second-order valence-electron chi connectivity index (χ2n) is 4.27. The minimum atomic E-state index is -1.37. The normalized spacial score (nSPS) is 10.1. The van der Waals surface area contributed by atoms with Gasteiger partial charge in [-0.1, -0.05) is 12.1 Å². The Bertz CT molecular complexity index is 542. The van der Waals surface area contributed by atoms with Gasteiger partial charge in [0.25, 0.3) is 5.69 Å². The molecule has 8 heteroatoms. The Morgan fingerprint density at radius 2 is 2.05 bits per heavy atom. The van der Waals surface area contributed by atoms with Crippen molar-refractivity contribution in [2.24, 2.45) is 0 Å². The summed E-state index contributed by atoms with van der Waals surface area (Å²) in [4.78, 5) is 34.0. The zero-order valence-corrected chi connectivity index (χ0v) is 11.1. The third-order valence-electron chi connectivity index (χ3n) is 2.63. The minimum absolute atomic E-state index is 0.0226. The summed E-state index contributed by atoms with van der Waals surface area (Å²) in [5.74, 6) is -1.54. The number of carbonyl (C=O) groups is 2. The van der Waals surface area contributed by atoms with Crippen LogP contribution in [0.3, 0.4) is 0 Å². The molecule has 0 aliphatic heterocycles. The largest absolute Gasteiger partial charge is 0.477 e. The SMILES string of the molecule is CN(C)C(=O)CNCc1cccc([N+](=O)[O-])c1C(=O)O. The van der Waals surface area contributed by atoms with E-state index in [-0.39, 0.29) is 30.1 Å². The van der Waals surface area contributed by atoms with Crippen LogP contribution in [0.2, 0.25) is 0 Å². The number of nitrogens with zero attached hydrogens (tertiary/aromatic N) is 2. The highest BCUT2D eigenvalue weighted by Gasteiger charge is 2.23. The number of likely N-dealkylation sites (N-methyl/N-ethyl adjacent to an activating group) is 1. The summed E-state index contributed by atoms with van der Waals surface area (Å²) in [7, 11) is 3.19. The van der Waals surface area contributed by atoms with Gasteiger partial charge in [-0.25, -0.2) is 4.79 Å². The Morgan fingerprint density at radius 3 is 2.55 bits per heavy atom. The second kappa shape index (κ2) is 6.62. The lowest BCUT2D eigenvalue weighted by atomic mass is 10.1. The van der Waals surface area contributed by atoms with Crippen LogP contribution in [0.5, 0.6) is 0 Å². The lowest BCUT2D eigenvalue weighted by Crippen LogP contribution is -2.33. The topological polar surface area (TPSA) is 113 Å². The van der Waals surface area contributed by atoms with Crippen LogP contribution in [0.4, 0.5) is 5.69 Å². The molecule has 1 amide bonds. The fraction of sp³-hybridized carbons (Fsp3) is 0.333. The van der Waals surface area contributed by atoms with Crippen LogP contribution in [0.1, 0.15) is 15.9 Å². The highest BCUT2D eigenvalue weighted by molar-refractivity contribution is 5.94. The number of rotatable bonds is 6. The van der Waals surface area contributed by atoms with Crippen LogP contribution in [0.25, 0.3) is 0 Å². The van der Waals surface area contributed by atoms with Gasteiger partial charge in [0, 0.05) is 26.7 Å². The van der Waals surface area contributed by atoms with Gasteiger partial charge in [-0.15, -0.1) is 0 Å². The van der Waals surface area contributed by atoms with E-state index in [0.717, 1.165) is 6.07 Å². The van der Waals surface area contributed by atoms with Gasteiger partial charge in [0.2, 0.25) is 5.91 Å². The molecular formula is C12H15N3O5. The Kier molecular flexibility index (Phi) is 5.15. The summed E-state index contributed by atoms with van der Waals surface area (Å²) >= 11 is 0. The summed E-state index contributed by atoms with van der Waals surface area (Å²) < 4.78 is 0. The van der Waals surface area contributed by atoms with Crippen molar-refractivity contribution in [2.45, 2.75) is 6.54 Å². The van der Waals surface area contributed by atoms with Crippen molar-refractivity contribution in [3.8, 4) is 0 Å². The van der Waals surface area contributed by atoms with E-state index < -0.39 is 16.6 Å². The number of nitrogens with one attached hydrogen (secondary N) is 1. The molecule has 1 rings (SSSR count). The third-order valence-corrected chi connectivity index (χ3v) is 2.63. The number of aromatic carboxylic acids is 1. The van der Waals surface area contributed by atoms with Gasteiger partial charge < -0.3 is 15.3 Å². The number of hydrogen-bond donors (Lipinski definition) is 2. The number of amides is 1. The van der Waals surface area contributed by atoms with Crippen LogP contribution in [0.15, 0.2) is 18.2 Å². The van der Waals surface area contributed by atoms with E-state index in [1.807, 2.05) is 0 Å². The van der Waals surface area contributed by atoms with Crippen molar-refractivity contribution >= 4 is 17.6 Å².